The number of aldehydes is 1. The Morgan fingerprint density at radius 3 is 3.00 bits per heavy atom. The molecule has 0 aliphatic heterocycles. The summed E-state index contributed by atoms with van der Waals surface area (Å²) in [7, 11) is 0. The summed E-state index contributed by atoms with van der Waals surface area (Å²) < 4.78 is 1.22. The van der Waals surface area contributed by atoms with Gasteiger partial charge in [0, 0.05) is 0 Å². The average Bonchev–Trinajstić information content (AvgIpc) is 2.33. The van der Waals surface area contributed by atoms with Crippen molar-refractivity contribution in [2.24, 2.45) is 0 Å². The molecule has 48 valence electrons. The Hall–Kier alpha value is -0.111. The minimum absolute atomic E-state index is 0.468. The molecule has 0 amide bonds. The number of rotatable bonds is 2. The summed E-state index contributed by atoms with van der Waals surface area (Å²) in [6.45, 7) is 0. The predicted molar refractivity (Wildman–Crippen MR) is 41.0 cm³/mol. The van der Waals surface area contributed by atoms with Crippen molar-refractivity contribution in [2.75, 3.05) is 0 Å². The molecule has 0 saturated heterocycles. The third-order valence-electron chi connectivity index (χ3n) is 0.984. The van der Waals surface area contributed by atoms with Crippen LogP contribution in [0.15, 0.2) is 11.4 Å². The maximum absolute atomic E-state index is 10.3. The van der Waals surface area contributed by atoms with E-state index in [1.165, 1.54) is 15.8 Å². The number of carbonyl (C=O) groups excluding carboxylic acids is 1. The van der Waals surface area contributed by atoms with Crippen molar-refractivity contribution in [2.45, 2.75) is 5.82 Å². The van der Waals surface area contributed by atoms with Crippen LogP contribution in [0.3, 0.4) is 0 Å². The molecule has 0 bridgehead atoms. The fourth-order valence-corrected chi connectivity index (χ4v) is 3.04. The summed E-state index contributed by atoms with van der Waals surface area (Å²) in [6, 6.07) is 2.02. The van der Waals surface area contributed by atoms with Crippen LogP contribution in [0.5, 0.6) is 0 Å². The van der Waals surface area contributed by atoms with Crippen molar-refractivity contribution < 1.29 is 4.79 Å². The van der Waals surface area contributed by atoms with Gasteiger partial charge in [-0.2, -0.15) is 0 Å². The first-order chi connectivity index (χ1) is 4.38. The van der Waals surface area contributed by atoms with E-state index in [2.05, 4.69) is 5.82 Å². The zero-order chi connectivity index (χ0) is 6.69. The Kier molecular flexibility index (Phi) is 2.46. The summed E-state index contributed by atoms with van der Waals surface area (Å²) in [6.07, 6.45) is 0.936. The fraction of sp³-hybridized carbons (Fsp3) is 0.167. The molecule has 0 fully saturated rings. The van der Waals surface area contributed by atoms with Gasteiger partial charge in [-0.05, 0) is 0 Å². The van der Waals surface area contributed by atoms with Gasteiger partial charge >= 0.3 is 64.0 Å². The summed E-state index contributed by atoms with van der Waals surface area (Å²) in [5, 5.41) is 1.96. The van der Waals surface area contributed by atoms with Crippen LogP contribution in [0.1, 0.15) is 9.67 Å². The first-order valence-electron chi connectivity index (χ1n) is 2.45. The van der Waals surface area contributed by atoms with Crippen molar-refractivity contribution in [3.8, 4) is 0 Å². The molecule has 9 heavy (non-hydrogen) atoms. The van der Waals surface area contributed by atoms with E-state index in [9.17, 15) is 4.79 Å². The molecule has 0 radical (unpaired) electrons. The van der Waals surface area contributed by atoms with E-state index >= 15 is 0 Å². The van der Waals surface area contributed by atoms with Crippen molar-refractivity contribution in [3.05, 3.63) is 16.3 Å². The van der Waals surface area contributed by atoms with Gasteiger partial charge in [0.1, 0.15) is 0 Å². The molecule has 1 heterocycles. The predicted octanol–water partition coefficient (Wildman–Crippen LogP) is 0.938. The van der Waals surface area contributed by atoms with Gasteiger partial charge in [0.2, 0.25) is 0 Å². The Balaban J connectivity index is 2.98. The van der Waals surface area contributed by atoms with Crippen LogP contribution in [0.25, 0.3) is 0 Å². The van der Waals surface area contributed by atoms with Crippen LogP contribution in [-0.4, -0.2) is 21.2 Å². The van der Waals surface area contributed by atoms with E-state index in [-0.39, 0.29) is 0 Å². The zero-order valence-corrected chi connectivity index (χ0v) is 7.49. The van der Waals surface area contributed by atoms with Gasteiger partial charge in [-0.3, -0.25) is 0 Å². The molecule has 0 atom stereocenters. The molecule has 1 nitrogen and oxygen atoms in total. The Morgan fingerprint density at radius 1 is 1.78 bits per heavy atom. The number of hydrogen-bond donors (Lipinski definition) is 0. The van der Waals surface area contributed by atoms with E-state index in [0.717, 1.165) is 11.2 Å². The molecular formula is C6H6OSSe. The van der Waals surface area contributed by atoms with Crippen LogP contribution in [0, 0.1) is 0 Å². The Morgan fingerprint density at radius 2 is 2.56 bits per heavy atom. The Bertz CT molecular complexity index is 207. The standard InChI is InChI=1S/C6H6OSSe/c1-9-6-2-3-8-5(6)4-7/h2-4H,1H3. The molecule has 0 aliphatic carbocycles. The van der Waals surface area contributed by atoms with Crippen LogP contribution in [0.2, 0.25) is 5.82 Å². The van der Waals surface area contributed by atoms with Crippen molar-refractivity contribution in [3.63, 3.8) is 0 Å². The van der Waals surface area contributed by atoms with E-state index in [4.69, 9.17) is 0 Å². The molecule has 0 unspecified atom stereocenters. The van der Waals surface area contributed by atoms with Crippen LogP contribution in [-0.2, 0) is 0 Å². The molecule has 1 rings (SSSR count). The molecule has 0 saturated carbocycles. The third-order valence-corrected chi connectivity index (χ3v) is 3.79. The summed E-state index contributed by atoms with van der Waals surface area (Å²) in [5.41, 5.74) is 0. The average molecular weight is 205 g/mol. The first kappa shape index (κ1) is 7.00. The van der Waals surface area contributed by atoms with E-state index in [0.29, 0.717) is 15.0 Å². The number of hydrogen-bond acceptors (Lipinski definition) is 2. The second kappa shape index (κ2) is 3.16. The molecule has 0 N–H and O–H groups in total. The summed E-state index contributed by atoms with van der Waals surface area (Å²) in [5.74, 6) is 2.11. The second-order valence-corrected chi connectivity index (χ2v) is 4.20. The fourth-order valence-electron chi connectivity index (χ4n) is 0.564. The van der Waals surface area contributed by atoms with E-state index < -0.39 is 0 Å². The van der Waals surface area contributed by atoms with Crippen LogP contribution in [0.4, 0.5) is 0 Å². The Labute approximate surface area is 64.2 Å². The molecule has 0 aromatic carbocycles. The third kappa shape index (κ3) is 1.42. The molecule has 0 spiro atoms. The van der Waals surface area contributed by atoms with Gasteiger partial charge in [-0.25, -0.2) is 0 Å². The quantitative estimate of drug-likeness (QED) is 0.518. The molecule has 3 heteroatoms. The van der Waals surface area contributed by atoms with E-state index in [1.807, 2.05) is 11.4 Å². The van der Waals surface area contributed by atoms with Gasteiger partial charge in [0.15, 0.2) is 0 Å². The van der Waals surface area contributed by atoms with Gasteiger partial charge < -0.3 is 0 Å². The van der Waals surface area contributed by atoms with Gasteiger partial charge in [0.05, 0.1) is 0 Å². The zero-order valence-electron chi connectivity index (χ0n) is 4.96. The monoisotopic (exact) mass is 206 g/mol. The number of thiophene rings is 1. The molecule has 0 aliphatic rings. The molecule has 1 aromatic rings. The van der Waals surface area contributed by atoms with Gasteiger partial charge in [-0.15, -0.1) is 0 Å². The van der Waals surface area contributed by atoms with Gasteiger partial charge in [0.25, 0.3) is 0 Å². The van der Waals surface area contributed by atoms with Crippen LogP contribution >= 0.6 is 11.3 Å². The summed E-state index contributed by atoms with van der Waals surface area (Å²) >= 11 is 1.99. The normalized spacial score (nSPS) is 9.44. The van der Waals surface area contributed by atoms with Crippen molar-refractivity contribution in [1.29, 1.82) is 0 Å². The number of carbonyl (C=O) groups is 1. The second-order valence-electron chi connectivity index (χ2n) is 1.47. The summed E-state index contributed by atoms with van der Waals surface area (Å²) in [4.78, 5) is 11.2. The van der Waals surface area contributed by atoms with E-state index in [1.54, 1.807) is 0 Å². The minimum atomic E-state index is 0.468. The molecular weight excluding hydrogens is 199 g/mol. The SMILES string of the molecule is C[Se]c1ccsc1C=O. The first-order valence-corrected chi connectivity index (χ1v) is 5.90. The molecule has 1 aromatic heterocycles. The van der Waals surface area contributed by atoms with Gasteiger partial charge in [-0.1, -0.05) is 0 Å². The topological polar surface area (TPSA) is 17.1 Å². The van der Waals surface area contributed by atoms with Crippen LogP contribution < -0.4 is 4.46 Å². The maximum atomic E-state index is 10.3. The van der Waals surface area contributed by atoms with Crippen molar-refractivity contribution >= 4 is 37.0 Å². The van der Waals surface area contributed by atoms with Crippen molar-refractivity contribution in [1.82, 2.24) is 0 Å².